The average molecular weight is 307 g/mol. The van der Waals surface area contributed by atoms with E-state index in [1.165, 1.54) is 64.7 Å². The lowest BCUT2D eigenvalue weighted by Gasteiger charge is -2.33. The van der Waals surface area contributed by atoms with Gasteiger partial charge in [-0.3, -0.25) is 0 Å². The van der Waals surface area contributed by atoms with Crippen LogP contribution in [-0.2, 0) is 0 Å². The first-order chi connectivity index (χ1) is 10.4. The van der Waals surface area contributed by atoms with Gasteiger partial charge in [0.25, 0.3) is 0 Å². The summed E-state index contributed by atoms with van der Waals surface area (Å²) in [6.45, 7) is 7.33. The van der Waals surface area contributed by atoms with Crippen molar-refractivity contribution in [2.75, 3.05) is 26.2 Å². The third-order valence-corrected chi connectivity index (χ3v) is 6.46. The molecule has 1 N–H and O–H groups in total. The van der Waals surface area contributed by atoms with Gasteiger partial charge in [0.2, 0.25) is 0 Å². The number of likely N-dealkylation sites (tertiary alicyclic amines) is 1. The van der Waals surface area contributed by atoms with Crippen molar-refractivity contribution in [3.8, 4) is 0 Å². The quantitative estimate of drug-likeness (QED) is 0.843. The fraction of sp³-hybridized carbons (Fsp3) is 0.778. The van der Waals surface area contributed by atoms with Crippen LogP contribution in [0.1, 0.15) is 56.4 Å². The molecule has 118 valence electrons. The highest BCUT2D eigenvalue weighted by Crippen LogP contribution is 2.37. The van der Waals surface area contributed by atoms with E-state index in [9.17, 15) is 0 Å². The Morgan fingerprint density at radius 3 is 2.62 bits per heavy atom. The Balaban J connectivity index is 1.53. The van der Waals surface area contributed by atoms with Crippen LogP contribution in [0.5, 0.6) is 0 Å². The largest absolute Gasteiger partial charge is 0.309 e. The zero-order valence-electron chi connectivity index (χ0n) is 13.4. The highest BCUT2D eigenvalue weighted by Gasteiger charge is 2.28. The predicted octanol–water partition coefficient (Wildman–Crippen LogP) is 4.30. The predicted molar refractivity (Wildman–Crippen MR) is 91.9 cm³/mol. The van der Waals surface area contributed by atoms with Crippen molar-refractivity contribution in [1.29, 1.82) is 0 Å². The number of hydrogen-bond donors (Lipinski definition) is 1. The third-order valence-electron chi connectivity index (χ3n) is 5.50. The van der Waals surface area contributed by atoms with Gasteiger partial charge in [0.05, 0.1) is 0 Å². The van der Waals surface area contributed by atoms with Crippen LogP contribution in [0.2, 0.25) is 0 Å². The molecule has 0 spiro atoms. The minimum Gasteiger partial charge on any atom is -0.309 e. The zero-order chi connectivity index (χ0) is 14.5. The highest BCUT2D eigenvalue weighted by molar-refractivity contribution is 7.10. The number of rotatable bonds is 6. The molecule has 0 radical (unpaired) electrons. The molecule has 1 saturated carbocycles. The van der Waals surface area contributed by atoms with E-state index in [0.29, 0.717) is 6.04 Å². The smallest absolute Gasteiger partial charge is 0.0443 e. The zero-order valence-corrected chi connectivity index (χ0v) is 14.2. The third kappa shape index (κ3) is 4.08. The number of nitrogens with one attached hydrogen (secondary N) is 1. The lowest BCUT2D eigenvalue weighted by Crippen LogP contribution is -2.38. The molecule has 1 saturated heterocycles. The van der Waals surface area contributed by atoms with E-state index in [0.717, 1.165) is 11.8 Å². The maximum absolute atomic E-state index is 3.96. The van der Waals surface area contributed by atoms with Gasteiger partial charge in [-0.05, 0) is 75.1 Å². The number of hydrogen-bond acceptors (Lipinski definition) is 3. The van der Waals surface area contributed by atoms with Gasteiger partial charge in [-0.2, -0.15) is 0 Å². The van der Waals surface area contributed by atoms with Crippen molar-refractivity contribution >= 4 is 11.3 Å². The van der Waals surface area contributed by atoms with Crippen LogP contribution < -0.4 is 5.32 Å². The summed E-state index contributed by atoms with van der Waals surface area (Å²) in [5, 5.41) is 6.19. The first-order valence-electron chi connectivity index (χ1n) is 8.86. The first kappa shape index (κ1) is 15.5. The van der Waals surface area contributed by atoms with Crippen LogP contribution in [0, 0.1) is 11.8 Å². The van der Waals surface area contributed by atoms with Crippen LogP contribution in [0.15, 0.2) is 17.5 Å². The maximum Gasteiger partial charge on any atom is 0.0443 e. The van der Waals surface area contributed by atoms with Crippen LogP contribution in [-0.4, -0.2) is 31.1 Å². The van der Waals surface area contributed by atoms with Gasteiger partial charge >= 0.3 is 0 Å². The standard InChI is InChI=1S/C18H30N2S/c1-2-20-11-9-15(10-12-20)14-19-18(16-6-3-4-7-16)17-8-5-13-21-17/h5,8,13,15-16,18-19H,2-4,6-7,9-12,14H2,1H3. The van der Waals surface area contributed by atoms with Crippen molar-refractivity contribution < 1.29 is 0 Å². The van der Waals surface area contributed by atoms with Crippen molar-refractivity contribution in [1.82, 2.24) is 10.2 Å². The molecule has 0 aromatic carbocycles. The van der Waals surface area contributed by atoms with E-state index in [-0.39, 0.29) is 0 Å². The summed E-state index contributed by atoms with van der Waals surface area (Å²) in [7, 11) is 0. The van der Waals surface area contributed by atoms with E-state index in [1.54, 1.807) is 4.88 Å². The van der Waals surface area contributed by atoms with Crippen LogP contribution in [0.4, 0.5) is 0 Å². The molecule has 0 amide bonds. The SMILES string of the molecule is CCN1CCC(CNC(c2cccs2)C2CCCC2)CC1. The summed E-state index contributed by atoms with van der Waals surface area (Å²) in [5.41, 5.74) is 0. The molecule has 1 aromatic rings. The van der Waals surface area contributed by atoms with E-state index >= 15 is 0 Å². The van der Waals surface area contributed by atoms with Crippen molar-refractivity contribution in [2.24, 2.45) is 11.8 Å². The summed E-state index contributed by atoms with van der Waals surface area (Å²) < 4.78 is 0. The molecule has 0 bridgehead atoms. The molecule has 1 aliphatic heterocycles. The molecule has 1 aromatic heterocycles. The average Bonchev–Trinajstić information content (AvgIpc) is 3.22. The van der Waals surface area contributed by atoms with Crippen molar-refractivity contribution in [3.63, 3.8) is 0 Å². The minimum absolute atomic E-state index is 0.622. The molecule has 2 heterocycles. The van der Waals surface area contributed by atoms with Crippen LogP contribution in [0.25, 0.3) is 0 Å². The molecule has 1 atom stereocenters. The normalized spacial score (nSPS) is 23.7. The fourth-order valence-electron chi connectivity index (χ4n) is 4.06. The molecule has 1 unspecified atom stereocenters. The summed E-state index contributed by atoms with van der Waals surface area (Å²) in [5.74, 6) is 1.76. The van der Waals surface area contributed by atoms with E-state index in [1.807, 2.05) is 11.3 Å². The summed E-state index contributed by atoms with van der Waals surface area (Å²) in [6.07, 6.45) is 8.46. The molecular formula is C18H30N2S. The molecule has 3 heteroatoms. The Hall–Kier alpha value is -0.380. The van der Waals surface area contributed by atoms with Gasteiger partial charge in [-0.15, -0.1) is 11.3 Å². The fourth-order valence-corrected chi connectivity index (χ4v) is 4.95. The number of piperidine rings is 1. The summed E-state index contributed by atoms with van der Waals surface area (Å²) in [6, 6.07) is 5.17. The lowest BCUT2D eigenvalue weighted by atomic mass is 9.93. The molecule has 1 aliphatic carbocycles. The van der Waals surface area contributed by atoms with Gasteiger partial charge < -0.3 is 10.2 Å². The number of nitrogens with zero attached hydrogens (tertiary/aromatic N) is 1. The summed E-state index contributed by atoms with van der Waals surface area (Å²) >= 11 is 1.94. The van der Waals surface area contributed by atoms with Gasteiger partial charge in [0.15, 0.2) is 0 Å². The van der Waals surface area contributed by atoms with Crippen molar-refractivity contribution in [2.45, 2.75) is 51.5 Å². The van der Waals surface area contributed by atoms with Crippen LogP contribution in [0.3, 0.4) is 0 Å². The Morgan fingerprint density at radius 2 is 2.00 bits per heavy atom. The monoisotopic (exact) mass is 306 g/mol. The second-order valence-corrected chi connectivity index (χ2v) is 7.80. The second-order valence-electron chi connectivity index (χ2n) is 6.82. The molecule has 2 fully saturated rings. The Labute approximate surface area is 133 Å². The minimum atomic E-state index is 0.622. The molecule has 2 nitrogen and oxygen atoms in total. The molecule has 21 heavy (non-hydrogen) atoms. The van der Waals surface area contributed by atoms with Gasteiger partial charge in [-0.1, -0.05) is 25.8 Å². The number of thiophene rings is 1. The molecule has 3 rings (SSSR count). The van der Waals surface area contributed by atoms with Crippen molar-refractivity contribution in [3.05, 3.63) is 22.4 Å². The summed E-state index contributed by atoms with van der Waals surface area (Å²) in [4.78, 5) is 4.15. The Bertz CT molecular complexity index is 389. The maximum atomic E-state index is 3.96. The first-order valence-corrected chi connectivity index (χ1v) is 9.74. The van der Waals surface area contributed by atoms with E-state index in [2.05, 4.69) is 34.7 Å². The molecular weight excluding hydrogens is 276 g/mol. The highest BCUT2D eigenvalue weighted by atomic mass is 32.1. The Morgan fingerprint density at radius 1 is 1.24 bits per heavy atom. The topological polar surface area (TPSA) is 15.3 Å². The van der Waals surface area contributed by atoms with E-state index < -0.39 is 0 Å². The van der Waals surface area contributed by atoms with Gasteiger partial charge in [-0.25, -0.2) is 0 Å². The van der Waals surface area contributed by atoms with Gasteiger partial charge in [0.1, 0.15) is 0 Å². The lowest BCUT2D eigenvalue weighted by molar-refractivity contribution is 0.184. The van der Waals surface area contributed by atoms with Gasteiger partial charge in [0, 0.05) is 10.9 Å². The van der Waals surface area contributed by atoms with E-state index in [4.69, 9.17) is 0 Å². The Kier molecular flexibility index (Phi) is 5.73. The van der Waals surface area contributed by atoms with Crippen LogP contribution >= 0.6 is 11.3 Å². The second kappa shape index (κ2) is 7.75. The molecule has 2 aliphatic rings.